The number of halogens is 1. The normalized spacial score (nSPS) is 10.5. The molecule has 1 aromatic heterocycles. The van der Waals surface area contributed by atoms with Crippen molar-refractivity contribution in [2.75, 3.05) is 0 Å². The van der Waals surface area contributed by atoms with Crippen molar-refractivity contribution in [2.24, 2.45) is 0 Å². The Hall–Kier alpha value is -1.88. The molecule has 88 valence electrons. The number of aliphatic carboxylic acids is 1. The minimum atomic E-state index is -0.927. The molecule has 6 heteroatoms. The van der Waals surface area contributed by atoms with Gasteiger partial charge in [-0.3, -0.25) is 4.79 Å². The summed E-state index contributed by atoms with van der Waals surface area (Å²) in [5.41, 5.74) is 1.75. The highest BCUT2D eigenvalue weighted by Gasteiger charge is 2.15. The van der Waals surface area contributed by atoms with E-state index in [1.165, 1.54) is 4.68 Å². The molecule has 5 nitrogen and oxygen atoms in total. The molecule has 0 aliphatic rings. The number of rotatable bonds is 3. The Bertz CT molecular complexity index is 566. The van der Waals surface area contributed by atoms with Gasteiger partial charge in [0, 0.05) is 0 Å². The third-order valence-corrected chi connectivity index (χ3v) is 2.68. The van der Waals surface area contributed by atoms with Crippen LogP contribution < -0.4 is 0 Å². The van der Waals surface area contributed by atoms with E-state index in [2.05, 4.69) is 10.3 Å². The Balaban J connectivity index is 2.53. The maximum Gasteiger partial charge on any atom is 0.309 e. The lowest BCUT2D eigenvalue weighted by molar-refractivity contribution is -0.136. The summed E-state index contributed by atoms with van der Waals surface area (Å²) in [6, 6.07) is 7.09. The number of aryl methyl sites for hydroxylation is 1. The number of hydrogen-bond donors (Lipinski definition) is 1. The van der Waals surface area contributed by atoms with Gasteiger partial charge < -0.3 is 5.11 Å². The van der Waals surface area contributed by atoms with Gasteiger partial charge in [-0.2, -0.15) is 0 Å². The average molecular weight is 252 g/mol. The van der Waals surface area contributed by atoms with Gasteiger partial charge in [-0.05, 0) is 19.1 Å². The van der Waals surface area contributed by atoms with Gasteiger partial charge in [0.2, 0.25) is 0 Å². The van der Waals surface area contributed by atoms with Gasteiger partial charge in [0.25, 0.3) is 0 Å². The van der Waals surface area contributed by atoms with E-state index in [9.17, 15) is 4.79 Å². The highest BCUT2D eigenvalue weighted by Crippen LogP contribution is 2.21. The maximum absolute atomic E-state index is 10.8. The van der Waals surface area contributed by atoms with Crippen LogP contribution in [-0.4, -0.2) is 26.1 Å². The van der Waals surface area contributed by atoms with Crippen molar-refractivity contribution < 1.29 is 9.90 Å². The second-order valence-corrected chi connectivity index (χ2v) is 3.96. The molecule has 1 aromatic carbocycles. The monoisotopic (exact) mass is 251 g/mol. The molecule has 0 atom stereocenters. The van der Waals surface area contributed by atoms with Crippen molar-refractivity contribution in [3.05, 3.63) is 40.7 Å². The van der Waals surface area contributed by atoms with Gasteiger partial charge >= 0.3 is 5.97 Å². The van der Waals surface area contributed by atoms with Gasteiger partial charge in [0.05, 0.1) is 28.5 Å². The van der Waals surface area contributed by atoms with Crippen molar-refractivity contribution in [3.63, 3.8) is 0 Å². The fourth-order valence-corrected chi connectivity index (χ4v) is 1.76. The Kier molecular flexibility index (Phi) is 3.10. The molecule has 0 bridgehead atoms. The molecular formula is C11H10ClN3O2. The summed E-state index contributed by atoms with van der Waals surface area (Å²) in [6.45, 7) is 1.72. The van der Waals surface area contributed by atoms with Crippen molar-refractivity contribution in [1.82, 2.24) is 15.0 Å². The lowest BCUT2D eigenvalue weighted by Crippen LogP contribution is -2.09. The van der Waals surface area contributed by atoms with E-state index >= 15 is 0 Å². The Labute approximate surface area is 103 Å². The third-order valence-electron chi connectivity index (χ3n) is 2.36. The predicted octanol–water partition coefficient (Wildman–Crippen LogP) is 1.86. The van der Waals surface area contributed by atoms with Crippen molar-refractivity contribution in [1.29, 1.82) is 0 Å². The summed E-state index contributed by atoms with van der Waals surface area (Å²) >= 11 is 6.04. The topological polar surface area (TPSA) is 68.0 Å². The molecule has 0 fully saturated rings. The molecule has 17 heavy (non-hydrogen) atoms. The van der Waals surface area contributed by atoms with Gasteiger partial charge in [0.1, 0.15) is 0 Å². The van der Waals surface area contributed by atoms with Gasteiger partial charge in [-0.25, -0.2) is 4.68 Å². The molecule has 0 spiro atoms. The molecule has 1 N–H and O–H groups in total. The first-order valence-corrected chi connectivity index (χ1v) is 5.35. The fraction of sp³-hybridized carbons (Fsp3) is 0.182. The van der Waals surface area contributed by atoms with Crippen LogP contribution in [0, 0.1) is 6.92 Å². The number of hydrogen-bond acceptors (Lipinski definition) is 3. The minimum Gasteiger partial charge on any atom is -0.481 e. The molecular weight excluding hydrogens is 242 g/mol. The lowest BCUT2D eigenvalue weighted by atomic mass is 10.2. The summed E-state index contributed by atoms with van der Waals surface area (Å²) in [4.78, 5) is 10.8. The number of para-hydroxylation sites is 1. The second-order valence-electron chi connectivity index (χ2n) is 3.56. The number of carboxylic acids is 1. The number of carboxylic acid groups (broad SMARTS) is 1. The van der Waals surface area contributed by atoms with Crippen LogP contribution in [-0.2, 0) is 11.2 Å². The summed E-state index contributed by atoms with van der Waals surface area (Å²) in [6.07, 6.45) is -0.135. The first-order chi connectivity index (χ1) is 8.09. The van der Waals surface area contributed by atoms with Crippen molar-refractivity contribution in [2.45, 2.75) is 13.3 Å². The summed E-state index contributed by atoms with van der Waals surface area (Å²) in [5.74, 6) is -0.927. The van der Waals surface area contributed by atoms with E-state index < -0.39 is 5.97 Å². The third kappa shape index (κ3) is 2.29. The van der Waals surface area contributed by atoms with Crippen LogP contribution in [0.4, 0.5) is 0 Å². The van der Waals surface area contributed by atoms with E-state index in [-0.39, 0.29) is 6.42 Å². The highest BCUT2D eigenvalue weighted by molar-refractivity contribution is 6.32. The maximum atomic E-state index is 10.8. The molecule has 0 unspecified atom stereocenters. The molecule has 2 rings (SSSR count). The SMILES string of the molecule is Cc1nnn(-c2ccccc2Cl)c1CC(=O)O. The standard InChI is InChI=1S/C11H10ClN3O2/c1-7-10(6-11(16)17)15(14-13-7)9-5-3-2-4-8(9)12/h2-5H,6H2,1H3,(H,16,17). The van der Waals surface area contributed by atoms with Crippen molar-refractivity contribution >= 4 is 17.6 Å². The van der Waals surface area contributed by atoms with E-state index in [0.717, 1.165) is 0 Å². The van der Waals surface area contributed by atoms with Crippen LogP contribution in [0.1, 0.15) is 11.4 Å². The van der Waals surface area contributed by atoms with Crippen LogP contribution >= 0.6 is 11.6 Å². The number of aromatic nitrogens is 3. The highest BCUT2D eigenvalue weighted by atomic mass is 35.5. The van der Waals surface area contributed by atoms with Crippen molar-refractivity contribution in [3.8, 4) is 5.69 Å². The summed E-state index contributed by atoms with van der Waals surface area (Å²) in [7, 11) is 0. The Morgan fingerprint density at radius 3 is 2.82 bits per heavy atom. The van der Waals surface area contributed by atoms with Crippen LogP contribution in [0.15, 0.2) is 24.3 Å². The first kappa shape index (κ1) is 11.6. The van der Waals surface area contributed by atoms with Gasteiger partial charge in [-0.15, -0.1) is 5.10 Å². The second kappa shape index (κ2) is 4.55. The molecule has 0 saturated heterocycles. The zero-order chi connectivity index (χ0) is 12.4. The van der Waals surface area contributed by atoms with Gasteiger partial charge in [0.15, 0.2) is 0 Å². The van der Waals surface area contributed by atoms with E-state index in [1.807, 2.05) is 6.07 Å². The molecule has 0 aliphatic carbocycles. The fourth-order valence-electron chi connectivity index (χ4n) is 1.54. The smallest absolute Gasteiger partial charge is 0.309 e. The summed E-state index contributed by atoms with van der Waals surface area (Å²) < 4.78 is 1.46. The predicted molar refractivity (Wildman–Crippen MR) is 62.4 cm³/mol. The molecule has 1 heterocycles. The summed E-state index contributed by atoms with van der Waals surface area (Å²) in [5, 5.41) is 17.1. The number of carbonyl (C=O) groups is 1. The van der Waals surface area contributed by atoms with Gasteiger partial charge in [-0.1, -0.05) is 28.9 Å². The Morgan fingerprint density at radius 2 is 2.18 bits per heavy atom. The largest absolute Gasteiger partial charge is 0.481 e. The minimum absolute atomic E-state index is 0.135. The van der Waals surface area contributed by atoms with Crippen LogP contribution in [0.5, 0.6) is 0 Å². The molecule has 0 aliphatic heterocycles. The zero-order valence-electron chi connectivity index (χ0n) is 9.09. The molecule has 2 aromatic rings. The number of benzene rings is 1. The quantitative estimate of drug-likeness (QED) is 0.904. The van der Waals surface area contributed by atoms with Crippen LogP contribution in [0.25, 0.3) is 5.69 Å². The average Bonchev–Trinajstić information content (AvgIpc) is 2.61. The first-order valence-electron chi connectivity index (χ1n) is 4.97. The lowest BCUT2D eigenvalue weighted by Gasteiger charge is -2.06. The molecule has 0 saturated carbocycles. The van der Waals surface area contributed by atoms with E-state index in [4.69, 9.17) is 16.7 Å². The van der Waals surface area contributed by atoms with E-state index in [0.29, 0.717) is 22.1 Å². The Morgan fingerprint density at radius 1 is 1.47 bits per heavy atom. The molecule has 0 radical (unpaired) electrons. The van der Waals surface area contributed by atoms with Crippen LogP contribution in [0.2, 0.25) is 5.02 Å². The molecule has 0 amide bonds. The van der Waals surface area contributed by atoms with Crippen LogP contribution in [0.3, 0.4) is 0 Å². The zero-order valence-corrected chi connectivity index (χ0v) is 9.85. The number of nitrogens with zero attached hydrogens (tertiary/aromatic N) is 3. The van der Waals surface area contributed by atoms with E-state index in [1.54, 1.807) is 25.1 Å².